The Hall–Kier alpha value is -1.36. The smallest absolute Gasteiger partial charge is 0.254 e. The summed E-state index contributed by atoms with van der Waals surface area (Å²) in [5.41, 5.74) is 3.09. The van der Waals surface area contributed by atoms with Crippen molar-refractivity contribution in [1.29, 1.82) is 0 Å². The fourth-order valence-corrected chi connectivity index (χ4v) is 4.30. The Morgan fingerprint density at radius 2 is 1.73 bits per heavy atom. The predicted octanol–water partition coefficient (Wildman–Crippen LogP) is 3.99. The van der Waals surface area contributed by atoms with Gasteiger partial charge in [0.15, 0.2) is 0 Å². The minimum absolute atomic E-state index is 0. The number of hydrogen-bond acceptors (Lipinski definition) is 3. The third-order valence-electron chi connectivity index (χ3n) is 5.85. The van der Waals surface area contributed by atoms with Gasteiger partial charge in [-0.2, -0.15) is 0 Å². The summed E-state index contributed by atoms with van der Waals surface area (Å²) in [4.78, 5) is 19.7. The molecule has 142 valence electrons. The van der Waals surface area contributed by atoms with Crippen molar-refractivity contribution in [2.24, 2.45) is 5.41 Å². The molecule has 0 atom stereocenters. The normalized spacial score (nSPS) is 18.9. The monoisotopic (exact) mass is 395 g/mol. The molecule has 6 heteroatoms. The summed E-state index contributed by atoms with van der Waals surface area (Å²) in [6.07, 6.45) is 4.80. The van der Waals surface area contributed by atoms with E-state index in [1.54, 1.807) is 0 Å². The Kier molecular flexibility index (Phi) is 6.89. The molecule has 2 aromatic rings. The summed E-state index contributed by atoms with van der Waals surface area (Å²) in [5, 5.41) is 4.42. The number of carbonyl (C=O) groups is 1. The highest BCUT2D eigenvalue weighted by Crippen LogP contribution is 2.39. The third-order valence-corrected chi connectivity index (χ3v) is 5.85. The van der Waals surface area contributed by atoms with Gasteiger partial charge in [-0.3, -0.25) is 9.78 Å². The lowest BCUT2D eigenvalue weighted by Gasteiger charge is -2.44. The Morgan fingerprint density at radius 1 is 1.08 bits per heavy atom. The maximum atomic E-state index is 13.1. The lowest BCUT2D eigenvalue weighted by molar-refractivity contribution is 0.0497. The van der Waals surface area contributed by atoms with Gasteiger partial charge >= 0.3 is 0 Å². The van der Waals surface area contributed by atoms with Gasteiger partial charge < -0.3 is 10.2 Å². The average molecular weight is 396 g/mol. The van der Waals surface area contributed by atoms with E-state index in [9.17, 15) is 4.79 Å². The van der Waals surface area contributed by atoms with Crippen LogP contribution < -0.4 is 5.32 Å². The van der Waals surface area contributed by atoms with Crippen LogP contribution in [0.15, 0.2) is 30.3 Å². The van der Waals surface area contributed by atoms with Crippen LogP contribution in [0.5, 0.6) is 0 Å². The van der Waals surface area contributed by atoms with Crippen molar-refractivity contribution in [3.8, 4) is 0 Å². The van der Waals surface area contributed by atoms with E-state index in [4.69, 9.17) is 0 Å². The zero-order valence-corrected chi connectivity index (χ0v) is 16.8. The van der Waals surface area contributed by atoms with E-state index in [1.165, 1.54) is 12.8 Å². The van der Waals surface area contributed by atoms with E-state index in [1.807, 2.05) is 37.3 Å². The SMILES string of the molecule is Cc1cc(C(=O)N2CCC3(CCNCC3)CC2)c2ccccc2n1.Cl.Cl. The van der Waals surface area contributed by atoms with Crippen LogP contribution >= 0.6 is 24.8 Å². The topological polar surface area (TPSA) is 45.2 Å². The molecule has 2 aliphatic rings. The van der Waals surface area contributed by atoms with Gasteiger partial charge in [0, 0.05) is 24.2 Å². The van der Waals surface area contributed by atoms with Crippen molar-refractivity contribution >= 4 is 41.6 Å². The van der Waals surface area contributed by atoms with E-state index in [0.717, 1.165) is 61.2 Å². The second-order valence-corrected chi connectivity index (χ2v) is 7.37. The van der Waals surface area contributed by atoms with Crippen LogP contribution in [-0.2, 0) is 0 Å². The van der Waals surface area contributed by atoms with Crippen LogP contribution in [0.25, 0.3) is 10.9 Å². The van der Waals surface area contributed by atoms with Crippen molar-refractivity contribution in [3.63, 3.8) is 0 Å². The number of para-hydroxylation sites is 1. The average Bonchev–Trinajstić information content (AvgIpc) is 2.62. The highest BCUT2D eigenvalue weighted by Gasteiger charge is 2.37. The molecule has 0 aliphatic carbocycles. The molecule has 1 aromatic carbocycles. The minimum Gasteiger partial charge on any atom is -0.339 e. The lowest BCUT2D eigenvalue weighted by Crippen LogP contribution is -2.47. The lowest BCUT2D eigenvalue weighted by atomic mass is 9.71. The molecule has 0 unspecified atom stereocenters. The van der Waals surface area contributed by atoms with Gasteiger partial charge in [-0.25, -0.2) is 0 Å². The fraction of sp³-hybridized carbons (Fsp3) is 0.500. The standard InChI is InChI=1S/C20H25N3O.2ClH/c1-15-14-17(16-4-2-3-5-18(16)22-15)19(24)23-12-8-20(9-13-23)6-10-21-11-7-20;;/h2-5,14,21H,6-13H2,1H3;2*1H. The summed E-state index contributed by atoms with van der Waals surface area (Å²) < 4.78 is 0. The highest BCUT2D eigenvalue weighted by molar-refractivity contribution is 6.06. The van der Waals surface area contributed by atoms with Crippen LogP contribution in [0.4, 0.5) is 0 Å². The molecular weight excluding hydrogens is 369 g/mol. The van der Waals surface area contributed by atoms with Gasteiger partial charge in [0.05, 0.1) is 11.1 Å². The number of hydrogen-bond donors (Lipinski definition) is 1. The molecule has 4 rings (SSSR count). The zero-order chi connectivity index (χ0) is 16.6. The number of piperidine rings is 2. The molecule has 0 bridgehead atoms. The first-order chi connectivity index (χ1) is 11.7. The van der Waals surface area contributed by atoms with Crippen LogP contribution in [0.3, 0.4) is 0 Å². The Labute approximate surface area is 167 Å². The number of rotatable bonds is 1. The summed E-state index contributed by atoms with van der Waals surface area (Å²) in [7, 11) is 0. The number of fused-ring (bicyclic) bond motifs is 1. The van der Waals surface area contributed by atoms with Crippen LogP contribution in [0.2, 0.25) is 0 Å². The summed E-state index contributed by atoms with van der Waals surface area (Å²) in [6, 6.07) is 9.90. The number of likely N-dealkylation sites (tertiary alicyclic amines) is 1. The quantitative estimate of drug-likeness (QED) is 0.793. The molecule has 1 N–H and O–H groups in total. The molecular formula is C20H27Cl2N3O. The van der Waals surface area contributed by atoms with Gasteiger partial charge in [-0.05, 0) is 63.2 Å². The Bertz CT molecular complexity index is 765. The molecule has 2 aliphatic heterocycles. The molecule has 0 radical (unpaired) electrons. The van der Waals surface area contributed by atoms with Crippen LogP contribution in [0, 0.1) is 12.3 Å². The van der Waals surface area contributed by atoms with Gasteiger partial charge in [0.25, 0.3) is 5.91 Å². The number of aromatic nitrogens is 1. The fourth-order valence-electron chi connectivity index (χ4n) is 4.30. The van der Waals surface area contributed by atoms with Crippen molar-refractivity contribution < 1.29 is 4.79 Å². The number of halogens is 2. The number of nitrogens with zero attached hydrogens (tertiary/aromatic N) is 2. The molecule has 2 saturated heterocycles. The van der Waals surface area contributed by atoms with E-state index in [-0.39, 0.29) is 30.7 Å². The van der Waals surface area contributed by atoms with Gasteiger partial charge in [0.2, 0.25) is 0 Å². The van der Waals surface area contributed by atoms with Crippen molar-refractivity contribution in [2.75, 3.05) is 26.2 Å². The van der Waals surface area contributed by atoms with Gasteiger partial charge in [-0.15, -0.1) is 24.8 Å². The predicted molar refractivity (Wildman–Crippen MR) is 111 cm³/mol. The largest absolute Gasteiger partial charge is 0.339 e. The first-order valence-electron chi connectivity index (χ1n) is 9.03. The zero-order valence-electron chi connectivity index (χ0n) is 15.2. The maximum Gasteiger partial charge on any atom is 0.254 e. The first kappa shape index (κ1) is 20.9. The number of carbonyl (C=O) groups excluding carboxylic acids is 1. The van der Waals surface area contributed by atoms with Gasteiger partial charge in [-0.1, -0.05) is 18.2 Å². The van der Waals surface area contributed by atoms with Gasteiger partial charge in [0.1, 0.15) is 0 Å². The van der Waals surface area contributed by atoms with E-state index in [2.05, 4.69) is 15.2 Å². The van der Waals surface area contributed by atoms with Crippen molar-refractivity contribution in [3.05, 3.63) is 41.6 Å². The molecule has 0 saturated carbocycles. The van der Waals surface area contributed by atoms with Crippen LogP contribution in [0.1, 0.15) is 41.7 Å². The molecule has 1 amide bonds. The number of nitrogens with one attached hydrogen (secondary N) is 1. The molecule has 4 nitrogen and oxygen atoms in total. The minimum atomic E-state index is 0. The third kappa shape index (κ3) is 3.98. The second kappa shape index (κ2) is 8.55. The number of pyridine rings is 1. The van der Waals surface area contributed by atoms with Crippen molar-refractivity contribution in [1.82, 2.24) is 15.2 Å². The van der Waals surface area contributed by atoms with E-state index >= 15 is 0 Å². The Balaban J connectivity index is 0.00000121. The summed E-state index contributed by atoms with van der Waals surface area (Å²) >= 11 is 0. The maximum absolute atomic E-state index is 13.1. The number of aryl methyl sites for hydroxylation is 1. The summed E-state index contributed by atoms with van der Waals surface area (Å²) in [6.45, 7) is 5.98. The molecule has 2 fully saturated rings. The van der Waals surface area contributed by atoms with Crippen molar-refractivity contribution in [2.45, 2.75) is 32.6 Å². The molecule has 26 heavy (non-hydrogen) atoms. The first-order valence-corrected chi connectivity index (χ1v) is 9.03. The molecule has 1 spiro atoms. The second-order valence-electron chi connectivity index (χ2n) is 7.37. The Morgan fingerprint density at radius 3 is 2.42 bits per heavy atom. The van der Waals surface area contributed by atoms with Crippen LogP contribution in [-0.4, -0.2) is 42.0 Å². The molecule has 3 heterocycles. The van der Waals surface area contributed by atoms with E-state index in [0.29, 0.717) is 5.41 Å². The molecule has 1 aromatic heterocycles. The number of amides is 1. The number of benzene rings is 1. The summed E-state index contributed by atoms with van der Waals surface area (Å²) in [5.74, 6) is 0.167. The highest BCUT2D eigenvalue weighted by atomic mass is 35.5. The van der Waals surface area contributed by atoms with E-state index < -0.39 is 0 Å².